The zero-order valence-electron chi connectivity index (χ0n) is 19.3. The van der Waals surface area contributed by atoms with E-state index >= 15 is 0 Å². The number of likely N-dealkylation sites (N-methyl/N-ethyl adjacent to an activating group) is 1. The molecule has 178 valence electrons. The summed E-state index contributed by atoms with van der Waals surface area (Å²) in [6.45, 7) is 8.39. The van der Waals surface area contributed by atoms with Gasteiger partial charge in [-0.3, -0.25) is 14.0 Å². The molecule has 0 spiro atoms. The fourth-order valence-corrected chi connectivity index (χ4v) is 4.67. The van der Waals surface area contributed by atoms with E-state index < -0.39 is 5.82 Å². The lowest BCUT2D eigenvalue weighted by molar-refractivity contribution is 0.0693. The molecule has 35 heavy (non-hydrogen) atoms. The van der Waals surface area contributed by atoms with Gasteiger partial charge in [0.15, 0.2) is 0 Å². The van der Waals surface area contributed by atoms with Crippen molar-refractivity contribution < 1.29 is 9.18 Å². The van der Waals surface area contributed by atoms with E-state index in [-0.39, 0.29) is 23.3 Å². The lowest BCUT2D eigenvalue weighted by Gasteiger charge is -2.32. The van der Waals surface area contributed by atoms with Crippen molar-refractivity contribution >= 4 is 34.1 Å². The van der Waals surface area contributed by atoms with Crippen LogP contribution in [0.2, 0.25) is 5.15 Å². The summed E-state index contributed by atoms with van der Waals surface area (Å²) in [5.41, 5.74) is 2.09. The lowest BCUT2D eigenvalue weighted by Crippen LogP contribution is -2.47. The van der Waals surface area contributed by atoms with Crippen molar-refractivity contribution in [2.24, 2.45) is 7.05 Å². The topological polar surface area (TPSA) is 72.3 Å². The summed E-state index contributed by atoms with van der Waals surface area (Å²) in [6, 6.07) is 10.1. The molecule has 0 bridgehead atoms. The molecule has 1 saturated heterocycles. The molecule has 0 aliphatic carbocycles. The molecule has 0 saturated carbocycles. The summed E-state index contributed by atoms with van der Waals surface area (Å²) in [4.78, 5) is 23.0. The third kappa shape index (κ3) is 4.16. The Balaban J connectivity index is 1.63. The van der Waals surface area contributed by atoms with Crippen LogP contribution in [0.25, 0.3) is 32.8 Å². The molecule has 1 fully saturated rings. The SMILES string of the molecule is [C-]#[N+]c1ccc(-c2nc(C(=O)N3CCC[C@@H](NC)C3)cn2-c2ccc3nn(C)c(Cl)c3c2)cc1F. The second kappa shape index (κ2) is 9.13. The Morgan fingerprint density at radius 1 is 1.29 bits per heavy atom. The van der Waals surface area contributed by atoms with Gasteiger partial charge >= 0.3 is 0 Å². The number of aromatic nitrogens is 4. The van der Waals surface area contributed by atoms with Crippen molar-refractivity contribution in [2.45, 2.75) is 18.9 Å². The number of carbonyl (C=O) groups is 1. The van der Waals surface area contributed by atoms with Crippen LogP contribution >= 0.6 is 11.6 Å². The minimum absolute atomic E-state index is 0.0712. The van der Waals surface area contributed by atoms with Crippen LogP contribution in [-0.4, -0.2) is 56.3 Å². The molecular formula is C25H23ClFN7O. The van der Waals surface area contributed by atoms with E-state index in [1.807, 2.05) is 25.2 Å². The quantitative estimate of drug-likeness (QED) is 0.424. The van der Waals surface area contributed by atoms with E-state index in [4.69, 9.17) is 18.2 Å². The van der Waals surface area contributed by atoms with Crippen LogP contribution < -0.4 is 5.32 Å². The van der Waals surface area contributed by atoms with Gasteiger partial charge in [0.2, 0.25) is 5.69 Å². The second-order valence-electron chi connectivity index (χ2n) is 8.59. The first kappa shape index (κ1) is 23.0. The Labute approximate surface area is 206 Å². The van der Waals surface area contributed by atoms with Crippen LogP contribution in [0.4, 0.5) is 10.1 Å². The molecule has 3 heterocycles. The largest absolute Gasteiger partial charge is 0.336 e. The average Bonchev–Trinajstić information content (AvgIpc) is 3.44. The smallest absolute Gasteiger partial charge is 0.274 e. The van der Waals surface area contributed by atoms with E-state index in [2.05, 4.69) is 20.2 Å². The summed E-state index contributed by atoms with van der Waals surface area (Å²) < 4.78 is 17.9. The van der Waals surface area contributed by atoms with Crippen molar-refractivity contribution in [1.29, 1.82) is 0 Å². The van der Waals surface area contributed by atoms with Gasteiger partial charge in [-0.05, 0) is 44.2 Å². The first-order valence-electron chi connectivity index (χ1n) is 11.3. The molecule has 1 aliphatic heterocycles. The second-order valence-corrected chi connectivity index (χ2v) is 8.95. The Morgan fingerprint density at radius 2 is 2.11 bits per heavy atom. The van der Waals surface area contributed by atoms with E-state index in [9.17, 15) is 9.18 Å². The highest BCUT2D eigenvalue weighted by atomic mass is 35.5. The molecular weight excluding hydrogens is 469 g/mol. The summed E-state index contributed by atoms with van der Waals surface area (Å²) in [5.74, 6) is -0.424. The molecule has 0 unspecified atom stereocenters. The highest BCUT2D eigenvalue weighted by molar-refractivity contribution is 6.34. The molecule has 2 aromatic heterocycles. The predicted octanol–water partition coefficient (Wildman–Crippen LogP) is 4.59. The van der Waals surface area contributed by atoms with Crippen molar-refractivity contribution in [2.75, 3.05) is 20.1 Å². The summed E-state index contributed by atoms with van der Waals surface area (Å²) in [6.07, 6.45) is 3.59. The number of hydrogen-bond donors (Lipinski definition) is 1. The maximum absolute atomic E-state index is 14.5. The van der Waals surface area contributed by atoms with Gasteiger partial charge in [-0.2, -0.15) is 5.10 Å². The summed E-state index contributed by atoms with van der Waals surface area (Å²) in [7, 11) is 3.66. The van der Waals surface area contributed by atoms with E-state index in [1.165, 1.54) is 12.1 Å². The maximum Gasteiger partial charge on any atom is 0.274 e. The molecule has 1 amide bonds. The van der Waals surface area contributed by atoms with Crippen LogP contribution in [0, 0.1) is 12.4 Å². The first-order chi connectivity index (χ1) is 16.9. The lowest BCUT2D eigenvalue weighted by atomic mass is 10.1. The van der Waals surface area contributed by atoms with Crippen LogP contribution in [-0.2, 0) is 7.05 Å². The maximum atomic E-state index is 14.5. The number of likely N-dealkylation sites (tertiary alicyclic amines) is 1. The van der Waals surface area contributed by atoms with Crippen molar-refractivity contribution in [3.63, 3.8) is 0 Å². The van der Waals surface area contributed by atoms with Crippen LogP contribution in [0.15, 0.2) is 42.6 Å². The first-order valence-corrected chi connectivity index (χ1v) is 11.6. The number of nitrogens with zero attached hydrogens (tertiary/aromatic N) is 6. The molecule has 10 heteroatoms. The number of amides is 1. The monoisotopic (exact) mass is 491 g/mol. The number of aryl methyl sites for hydroxylation is 1. The number of benzene rings is 2. The third-order valence-electron chi connectivity index (χ3n) is 6.39. The van der Waals surface area contributed by atoms with E-state index in [1.54, 1.807) is 33.5 Å². The molecule has 1 N–H and O–H groups in total. The van der Waals surface area contributed by atoms with Crippen molar-refractivity contribution in [3.8, 4) is 17.1 Å². The molecule has 5 rings (SSSR count). The van der Waals surface area contributed by atoms with Gasteiger partial charge in [0.1, 0.15) is 22.5 Å². The fourth-order valence-electron chi connectivity index (χ4n) is 4.49. The van der Waals surface area contributed by atoms with Crippen molar-refractivity contribution in [3.05, 3.63) is 70.7 Å². The number of halogens is 2. The van der Waals surface area contributed by atoms with Crippen LogP contribution in [0.1, 0.15) is 23.3 Å². The minimum Gasteiger partial charge on any atom is -0.336 e. The molecule has 4 aromatic rings. The summed E-state index contributed by atoms with van der Waals surface area (Å²) >= 11 is 6.43. The van der Waals surface area contributed by atoms with Gasteiger partial charge in [-0.15, -0.1) is 0 Å². The Bertz CT molecular complexity index is 1490. The molecule has 1 aliphatic rings. The molecule has 2 aromatic carbocycles. The standard InChI is InChI=1S/C25H23ClFN7O/c1-28-16-5-4-10-33(13-16)25(35)22-14-34(17-7-9-20-18(12-17)23(26)32(3)31-20)24(30-22)15-6-8-21(29-2)19(27)11-15/h6-9,11-12,14,16,28H,4-5,10,13H2,1,3H3/t16-/m1/s1. The normalized spacial score (nSPS) is 16.0. The van der Waals surface area contributed by atoms with Gasteiger partial charge in [0, 0.05) is 49.0 Å². The predicted molar refractivity (Wildman–Crippen MR) is 132 cm³/mol. The number of piperidine rings is 1. The Morgan fingerprint density at radius 3 is 2.86 bits per heavy atom. The molecule has 0 radical (unpaired) electrons. The third-order valence-corrected chi connectivity index (χ3v) is 6.84. The number of rotatable bonds is 4. The zero-order chi connectivity index (χ0) is 24.7. The number of fused-ring (bicyclic) bond motifs is 1. The molecule has 1 atom stereocenters. The minimum atomic E-state index is -0.640. The van der Waals surface area contributed by atoms with Crippen molar-refractivity contribution in [1.82, 2.24) is 29.5 Å². The van der Waals surface area contributed by atoms with Crippen LogP contribution in [0.3, 0.4) is 0 Å². The van der Waals surface area contributed by atoms with E-state index in [0.29, 0.717) is 35.3 Å². The Hall–Kier alpha value is -3.74. The van der Waals surface area contributed by atoms with Crippen LogP contribution in [0.5, 0.6) is 0 Å². The van der Waals surface area contributed by atoms with Gasteiger partial charge < -0.3 is 10.2 Å². The molecule has 8 nitrogen and oxygen atoms in total. The number of carbonyl (C=O) groups excluding carboxylic acids is 1. The average molecular weight is 492 g/mol. The fraction of sp³-hybridized carbons (Fsp3) is 0.280. The van der Waals surface area contributed by atoms with Gasteiger partial charge in [-0.1, -0.05) is 23.7 Å². The number of nitrogens with one attached hydrogen (secondary N) is 1. The zero-order valence-corrected chi connectivity index (χ0v) is 20.1. The number of imidazole rings is 1. The van der Waals surface area contributed by atoms with Gasteiger partial charge in [-0.25, -0.2) is 14.2 Å². The van der Waals surface area contributed by atoms with E-state index in [0.717, 1.165) is 23.7 Å². The van der Waals surface area contributed by atoms with Gasteiger partial charge in [0.25, 0.3) is 5.91 Å². The highest BCUT2D eigenvalue weighted by Crippen LogP contribution is 2.31. The highest BCUT2D eigenvalue weighted by Gasteiger charge is 2.27. The van der Waals surface area contributed by atoms with Gasteiger partial charge in [0.05, 0.1) is 12.1 Å². The summed E-state index contributed by atoms with van der Waals surface area (Å²) in [5, 5.41) is 8.86. The number of hydrogen-bond acceptors (Lipinski definition) is 4. The Kier molecular flexibility index (Phi) is 6.01.